The summed E-state index contributed by atoms with van der Waals surface area (Å²) in [6, 6.07) is 8.08. The van der Waals surface area contributed by atoms with Crippen LogP contribution in [0.4, 0.5) is 5.69 Å². The summed E-state index contributed by atoms with van der Waals surface area (Å²) in [5.41, 5.74) is 4.87. The summed E-state index contributed by atoms with van der Waals surface area (Å²) in [5.74, 6) is 1.20. The monoisotopic (exact) mass is 410 g/mol. The van der Waals surface area contributed by atoms with E-state index in [9.17, 15) is 4.79 Å². The first-order valence-electron chi connectivity index (χ1n) is 11.0. The predicted molar refractivity (Wildman–Crippen MR) is 115 cm³/mol. The van der Waals surface area contributed by atoms with Gasteiger partial charge in [0.25, 0.3) is 0 Å². The van der Waals surface area contributed by atoms with Crippen LogP contribution >= 0.6 is 0 Å². The molecule has 2 heterocycles. The maximum atomic E-state index is 11.8. The number of amides is 1. The van der Waals surface area contributed by atoms with Gasteiger partial charge in [0.05, 0.1) is 0 Å². The van der Waals surface area contributed by atoms with E-state index in [4.69, 9.17) is 9.73 Å². The van der Waals surface area contributed by atoms with E-state index < -0.39 is 5.91 Å². The van der Waals surface area contributed by atoms with E-state index in [0.717, 1.165) is 35.6 Å². The van der Waals surface area contributed by atoms with Gasteiger partial charge in [-0.3, -0.25) is 10.0 Å². The molecule has 4 rings (SSSR count). The lowest BCUT2D eigenvalue weighted by Gasteiger charge is -2.22. The summed E-state index contributed by atoms with van der Waals surface area (Å²) < 4.78 is 5.56. The number of hydrogen-bond acceptors (Lipinski definition) is 6. The molecule has 3 N–H and O–H groups in total. The van der Waals surface area contributed by atoms with Crippen LogP contribution in [0.25, 0.3) is 11.6 Å². The summed E-state index contributed by atoms with van der Waals surface area (Å²) in [6.07, 6.45) is 11.8. The number of nitrogens with one attached hydrogen (secondary N) is 2. The highest BCUT2D eigenvalue weighted by atomic mass is 16.5. The van der Waals surface area contributed by atoms with Gasteiger partial charge >= 0.3 is 0 Å². The van der Waals surface area contributed by atoms with Crippen molar-refractivity contribution in [2.75, 3.05) is 11.9 Å². The van der Waals surface area contributed by atoms with E-state index in [2.05, 4.69) is 21.5 Å². The molecule has 1 atom stereocenters. The molecule has 2 aliphatic rings. The maximum Gasteiger partial charge on any atom is 0.244 e. The van der Waals surface area contributed by atoms with Gasteiger partial charge in [0, 0.05) is 30.1 Å². The third-order valence-electron chi connectivity index (χ3n) is 6.28. The van der Waals surface area contributed by atoms with Crippen LogP contribution in [0.1, 0.15) is 81.0 Å². The number of carbonyl (C=O) groups is 1. The van der Waals surface area contributed by atoms with Crippen LogP contribution in [-0.4, -0.2) is 27.8 Å². The Labute approximate surface area is 176 Å². The number of nitrogens with zero attached hydrogens (tertiary/aromatic N) is 2. The topological polar surface area (TPSA) is 100 Å². The van der Waals surface area contributed by atoms with E-state index in [1.807, 2.05) is 24.3 Å². The Kier molecular flexibility index (Phi) is 6.79. The molecule has 1 aliphatic heterocycles. The Bertz CT molecular complexity index is 886. The van der Waals surface area contributed by atoms with Gasteiger partial charge in [0.1, 0.15) is 0 Å². The van der Waals surface area contributed by atoms with Crippen molar-refractivity contribution in [3.63, 3.8) is 0 Å². The number of carbonyl (C=O) groups excluding carboxylic acids is 1. The molecule has 1 saturated carbocycles. The van der Waals surface area contributed by atoms with Crippen LogP contribution in [0.3, 0.4) is 0 Å². The lowest BCUT2D eigenvalue weighted by molar-refractivity contribution is -0.129. The summed E-state index contributed by atoms with van der Waals surface area (Å²) in [7, 11) is 0. The minimum absolute atomic E-state index is 0.142. The fraction of sp³-hybridized carbons (Fsp3) is 0.522. The second kappa shape index (κ2) is 9.89. The second-order valence-electron chi connectivity index (χ2n) is 8.44. The summed E-state index contributed by atoms with van der Waals surface area (Å²) in [4.78, 5) is 16.4. The van der Waals surface area contributed by atoms with Gasteiger partial charge in [0.2, 0.25) is 11.8 Å². The molecule has 1 aromatic carbocycles. The van der Waals surface area contributed by atoms with Crippen molar-refractivity contribution >= 4 is 23.2 Å². The molecule has 0 radical (unpaired) electrons. The minimum atomic E-state index is -0.426. The molecule has 1 fully saturated rings. The van der Waals surface area contributed by atoms with Crippen molar-refractivity contribution in [1.29, 1.82) is 0 Å². The van der Waals surface area contributed by atoms with Crippen molar-refractivity contribution in [2.45, 2.75) is 63.7 Å². The van der Waals surface area contributed by atoms with Crippen LogP contribution in [0.2, 0.25) is 0 Å². The Morgan fingerprint density at radius 1 is 1.27 bits per heavy atom. The van der Waals surface area contributed by atoms with E-state index in [1.54, 1.807) is 5.48 Å². The molecule has 0 spiro atoms. The normalized spacial score (nSPS) is 17.6. The number of aromatic nitrogens is 2. The molecule has 0 bridgehead atoms. The predicted octanol–water partition coefficient (Wildman–Crippen LogP) is 4.77. The molecule has 30 heavy (non-hydrogen) atoms. The number of fused-ring (bicyclic) bond motifs is 1. The van der Waals surface area contributed by atoms with Gasteiger partial charge in [-0.1, -0.05) is 68.3 Å². The van der Waals surface area contributed by atoms with Gasteiger partial charge in [-0.25, -0.2) is 5.48 Å². The van der Waals surface area contributed by atoms with Crippen LogP contribution in [-0.2, 0) is 4.79 Å². The van der Waals surface area contributed by atoms with Gasteiger partial charge in [-0.15, -0.1) is 0 Å². The van der Waals surface area contributed by atoms with Gasteiger partial charge in [-0.05, 0) is 30.0 Å². The SMILES string of the molecule is O=C(CC(CCCC1CCCCC1)c1nc(C2=Cc3ccccc3NC2)no1)NO. The molecule has 1 unspecified atom stereocenters. The second-order valence-corrected chi connectivity index (χ2v) is 8.44. The minimum Gasteiger partial charge on any atom is -0.380 e. The molecule has 1 amide bonds. The van der Waals surface area contributed by atoms with Crippen molar-refractivity contribution in [3.8, 4) is 0 Å². The summed E-state index contributed by atoms with van der Waals surface area (Å²) >= 11 is 0. The highest BCUT2D eigenvalue weighted by molar-refractivity contribution is 5.88. The molecule has 1 aliphatic carbocycles. The fourth-order valence-corrected chi connectivity index (χ4v) is 4.60. The van der Waals surface area contributed by atoms with Crippen molar-refractivity contribution in [1.82, 2.24) is 15.6 Å². The average Bonchev–Trinajstić information content (AvgIpc) is 3.29. The molecule has 7 heteroatoms. The first-order valence-corrected chi connectivity index (χ1v) is 11.0. The third kappa shape index (κ3) is 5.08. The Balaban J connectivity index is 1.44. The smallest absolute Gasteiger partial charge is 0.244 e. The molecular formula is C23H30N4O3. The third-order valence-corrected chi connectivity index (χ3v) is 6.28. The highest BCUT2D eigenvalue weighted by Gasteiger charge is 2.24. The number of hydrogen-bond donors (Lipinski definition) is 3. The molecule has 1 aromatic heterocycles. The van der Waals surface area contributed by atoms with Gasteiger partial charge < -0.3 is 9.84 Å². The van der Waals surface area contributed by atoms with E-state index >= 15 is 0 Å². The van der Waals surface area contributed by atoms with Crippen LogP contribution in [0, 0.1) is 5.92 Å². The highest BCUT2D eigenvalue weighted by Crippen LogP contribution is 2.32. The number of rotatable bonds is 8. The fourth-order valence-electron chi connectivity index (χ4n) is 4.60. The molecule has 7 nitrogen and oxygen atoms in total. The first-order chi connectivity index (χ1) is 14.7. The molecular weight excluding hydrogens is 380 g/mol. The van der Waals surface area contributed by atoms with E-state index in [0.29, 0.717) is 18.3 Å². The lowest BCUT2D eigenvalue weighted by atomic mass is 9.84. The largest absolute Gasteiger partial charge is 0.380 e. The van der Waals surface area contributed by atoms with Crippen LogP contribution in [0.15, 0.2) is 28.8 Å². The van der Waals surface area contributed by atoms with E-state index in [1.165, 1.54) is 38.5 Å². The first kappa shape index (κ1) is 20.6. The van der Waals surface area contributed by atoms with Gasteiger partial charge in [0.15, 0.2) is 5.82 Å². The molecule has 0 saturated heterocycles. The quantitative estimate of drug-likeness (QED) is 0.428. The zero-order valence-corrected chi connectivity index (χ0v) is 17.3. The lowest BCUT2D eigenvalue weighted by Crippen LogP contribution is -2.21. The van der Waals surface area contributed by atoms with Gasteiger partial charge in [-0.2, -0.15) is 4.98 Å². The molecule has 2 aromatic rings. The number of benzene rings is 1. The van der Waals surface area contributed by atoms with Crippen LogP contribution in [0.5, 0.6) is 0 Å². The van der Waals surface area contributed by atoms with Crippen molar-refractivity contribution in [3.05, 3.63) is 41.5 Å². The summed E-state index contributed by atoms with van der Waals surface area (Å²) in [6.45, 7) is 0.624. The average molecular weight is 411 g/mol. The van der Waals surface area contributed by atoms with Crippen molar-refractivity contribution < 1.29 is 14.5 Å². The van der Waals surface area contributed by atoms with Crippen LogP contribution < -0.4 is 10.8 Å². The Morgan fingerprint density at radius 2 is 2.10 bits per heavy atom. The summed E-state index contributed by atoms with van der Waals surface area (Å²) in [5, 5.41) is 16.5. The molecule has 160 valence electrons. The zero-order valence-electron chi connectivity index (χ0n) is 17.3. The number of para-hydroxylation sites is 1. The maximum absolute atomic E-state index is 11.8. The Hall–Kier alpha value is -2.67. The van der Waals surface area contributed by atoms with Crippen molar-refractivity contribution in [2.24, 2.45) is 5.92 Å². The number of anilines is 1. The number of hydroxylamine groups is 1. The standard InChI is InChI=1S/C23H30N4O3/c28-21(26-29)14-18(11-6-9-16-7-2-1-3-8-16)23-25-22(27-30-23)19-13-17-10-4-5-12-20(17)24-15-19/h4-5,10,12-13,16,18,24,29H,1-3,6-9,11,14-15H2,(H,26,28). The Morgan fingerprint density at radius 3 is 2.93 bits per heavy atom. The van der Waals surface area contributed by atoms with E-state index in [-0.39, 0.29) is 12.3 Å². The zero-order chi connectivity index (χ0) is 20.8.